The summed E-state index contributed by atoms with van der Waals surface area (Å²) in [4.78, 5) is 2.33. The second kappa shape index (κ2) is 4.40. The highest BCUT2D eigenvalue weighted by molar-refractivity contribution is 5.56. The molecule has 1 aromatic rings. The fourth-order valence-corrected chi connectivity index (χ4v) is 2.15. The number of hydrogen-bond acceptors (Lipinski definition) is 2. The van der Waals surface area contributed by atoms with Crippen molar-refractivity contribution >= 4 is 5.69 Å². The van der Waals surface area contributed by atoms with Gasteiger partial charge in [0.1, 0.15) is 0 Å². The third-order valence-corrected chi connectivity index (χ3v) is 3.05. The summed E-state index contributed by atoms with van der Waals surface area (Å²) in [5.41, 5.74) is 4.82. The highest BCUT2D eigenvalue weighted by Crippen LogP contribution is 2.24. The van der Waals surface area contributed by atoms with Gasteiger partial charge in [-0.05, 0) is 31.9 Å². The summed E-state index contributed by atoms with van der Waals surface area (Å²) in [6.07, 6.45) is 2.90. The van der Waals surface area contributed by atoms with Crippen LogP contribution in [-0.2, 0) is 0 Å². The number of aryl methyl sites for hydroxylation is 2. The molecule has 0 fully saturated rings. The SMILES string of the molecule is Cc1ccc(N2CC=C(C#N)CC2)c(C)c1. The van der Waals surface area contributed by atoms with Crippen molar-refractivity contribution in [3.63, 3.8) is 0 Å². The van der Waals surface area contributed by atoms with Crippen LogP contribution >= 0.6 is 0 Å². The first-order valence-electron chi connectivity index (χ1n) is 5.62. The zero-order valence-corrected chi connectivity index (χ0v) is 9.83. The van der Waals surface area contributed by atoms with Gasteiger partial charge >= 0.3 is 0 Å². The Balaban J connectivity index is 2.21. The van der Waals surface area contributed by atoms with E-state index in [1.807, 2.05) is 6.08 Å². The van der Waals surface area contributed by atoms with Crippen molar-refractivity contribution in [2.24, 2.45) is 0 Å². The van der Waals surface area contributed by atoms with Crippen molar-refractivity contribution in [1.82, 2.24) is 0 Å². The Labute approximate surface area is 96.8 Å². The van der Waals surface area contributed by atoms with Crippen LogP contribution in [0.5, 0.6) is 0 Å². The molecule has 0 N–H and O–H groups in total. The lowest BCUT2D eigenvalue weighted by atomic mass is 10.1. The molecule has 0 unspecified atom stereocenters. The topological polar surface area (TPSA) is 27.0 Å². The van der Waals surface area contributed by atoms with E-state index in [4.69, 9.17) is 5.26 Å². The first-order chi connectivity index (χ1) is 7.70. The van der Waals surface area contributed by atoms with Gasteiger partial charge in [0.2, 0.25) is 0 Å². The van der Waals surface area contributed by atoms with Gasteiger partial charge in [-0.15, -0.1) is 0 Å². The van der Waals surface area contributed by atoms with Crippen LogP contribution in [0.25, 0.3) is 0 Å². The Morgan fingerprint density at radius 1 is 1.31 bits per heavy atom. The Morgan fingerprint density at radius 2 is 2.12 bits per heavy atom. The molecule has 16 heavy (non-hydrogen) atoms. The van der Waals surface area contributed by atoms with Gasteiger partial charge in [0.25, 0.3) is 0 Å². The summed E-state index contributed by atoms with van der Waals surface area (Å²) in [7, 11) is 0. The van der Waals surface area contributed by atoms with Crippen LogP contribution in [0.15, 0.2) is 29.8 Å². The number of rotatable bonds is 1. The monoisotopic (exact) mass is 212 g/mol. The molecule has 0 aliphatic carbocycles. The highest BCUT2D eigenvalue weighted by Gasteiger charge is 2.13. The Morgan fingerprint density at radius 3 is 2.69 bits per heavy atom. The van der Waals surface area contributed by atoms with Crippen molar-refractivity contribution in [2.75, 3.05) is 18.0 Å². The van der Waals surface area contributed by atoms with E-state index in [-0.39, 0.29) is 0 Å². The lowest BCUT2D eigenvalue weighted by Gasteiger charge is -2.28. The molecule has 0 spiro atoms. The molecule has 1 aliphatic rings. The summed E-state index contributed by atoms with van der Waals surface area (Å²) >= 11 is 0. The smallest absolute Gasteiger partial charge is 0.0945 e. The molecule has 2 heteroatoms. The van der Waals surface area contributed by atoms with Crippen LogP contribution in [-0.4, -0.2) is 13.1 Å². The maximum absolute atomic E-state index is 8.80. The predicted octanol–water partition coefficient (Wildman–Crippen LogP) is 2.96. The maximum Gasteiger partial charge on any atom is 0.0945 e. The zero-order chi connectivity index (χ0) is 11.5. The summed E-state index contributed by atoms with van der Waals surface area (Å²) in [5, 5.41) is 8.80. The third kappa shape index (κ3) is 2.09. The van der Waals surface area contributed by atoms with Gasteiger partial charge < -0.3 is 4.90 Å². The van der Waals surface area contributed by atoms with Crippen molar-refractivity contribution < 1.29 is 0 Å². The summed E-state index contributed by atoms with van der Waals surface area (Å²) in [5.74, 6) is 0. The third-order valence-electron chi connectivity index (χ3n) is 3.05. The van der Waals surface area contributed by atoms with Gasteiger partial charge in [0.05, 0.1) is 6.07 Å². The molecular weight excluding hydrogens is 196 g/mol. The molecule has 2 rings (SSSR count). The molecule has 0 aromatic heterocycles. The lowest BCUT2D eigenvalue weighted by Crippen LogP contribution is -2.28. The van der Waals surface area contributed by atoms with E-state index in [0.717, 1.165) is 25.1 Å². The van der Waals surface area contributed by atoms with Gasteiger partial charge in [0, 0.05) is 24.4 Å². The van der Waals surface area contributed by atoms with Crippen LogP contribution < -0.4 is 4.90 Å². The molecule has 1 aliphatic heterocycles. The normalized spacial score (nSPS) is 15.6. The van der Waals surface area contributed by atoms with E-state index >= 15 is 0 Å². The maximum atomic E-state index is 8.80. The number of anilines is 1. The van der Waals surface area contributed by atoms with E-state index in [1.165, 1.54) is 16.8 Å². The van der Waals surface area contributed by atoms with Crippen molar-refractivity contribution in [3.05, 3.63) is 41.0 Å². The minimum absolute atomic E-state index is 0.854. The minimum Gasteiger partial charge on any atom is -0.367 e. The lowest BCUT2D eigenvalue weighted by molar-refractivity contribution is 0.799. The average molecular weight is 212 g/mol. The molecule has 0 saturated heterocycles. The Bertz CT molecular complexity index is 466. The fourth-order valence-electron chi connectivity index (χ4n) is 2.15. The van der Waals surface area contributed by atoms with E-state index in [2.05, 4.69) is 43.0 Å². The second-order valence-electron chi connectivity index (χ2n) is 4.33. The summed E-state index contributed by atoms with van der Waals surface area (Å²) in [6.45, 7) is 6.06. The largest absolute Gasteiger partial charge is 0.367 e. The van der Waals surface area contributed by atoms with E-state index in [0.29, 0.717) is 0 Å². The van der Waals surface area contributed by atoms with Crippen LogP contribution in [0.4, 0.5) is 5.69 Å². The van der Waals surface area contributed by atoms with Gasteiger partial charge in [-0.1, -0.05) is 23.8 Å². The standard InChI is InChI=1S/C14H16N2/c1-11-3-4-14(12(2)9-11)16-7-5-13(10-15)6-8-16/h3-5,9H,6-8H2,1-2H3. The zero-order valence-electron chi connectivity index (χ0n) is 9.83. The Kier molecular flexibility index (Phi) is 2.96. The molecule has 0 atom stereocenters. The molecule has 1 aromatic carbocycles. The summed E-state index contributed by atoms with van der Waals surface area (Å²) < 4.78 is 0. The number of nitriles is 1. The van der Waals surface area contributed by atoms with Gasteiger partial charge in [-0.3, -0.25) is 0 Å². The number of hydrogen-bond donors (Lipinski definition) is 0. The molecule has 2 nitrogen and oxygen atoms in total. The molecule has 0 bridgehead atoms. The van der Waals surface area contributed by atoms with Crippen LogP contribution in [0.3, 0.4) is 0 Å². The van der Waals surface area contributed by atoms with Crippen molar-refractivity contribution in [3.8, 4) is 6.07 Å². The molecule has 0 amide bonds. The van der Waals surface area contributed by atoms with Crippen molar-refractivity contribution in [2.45, 2.75) is 20.3 Å². The molecule has 0 saturated carbocycles. The second-order valence-corrected chi connectivity index (χ2v) is 4.33. The van der Waals surface area contributed by atoms with Crippen LogP contribution in [0.2, 0.25) is 0 Å². The Hall–Kier alpha value is -1.75. The molecule has 82 valence electrons. The molecular formula is C14H16N2. The van der Waals surface area contributed by atoms with Gasteiger partial charge in [0.15, 0.2) is 0 Å². The molecule has 0 radical (unpaired) electrons. The number of benzene rings is 1. The van der Waals surface area contributed by atoms with E-state index in [1.54, 1.807) is 0 Å². The van der Waals surface area contributed by atoms with E-state index in [9.17, 15) is 0 Å². The predicted molar refractivity (Wildman–Crippen MR) is 66.4 cm³/mol. The quantitative estimate of drug-likeness (QED) is 0.715. The first kappa shape index (κ1) is 10.8. The van der Waals surface area contributed by atoms with Gasteiger partial charge in [-0.25, -0.2) is 0 Å². The summed E-state index contributed by atoms with van der Waals surface area (Å²) in [6, 6.07) is 8.76. The number of nitrogens with zero attached hydrogens (tertiary/aromatic N) is 2. The van der Waals surface area contributed by atoms with E-state index < -0.39 is 0 Å². The highest BCUT2D eigenvalue weighted by atomic mass is 15.1. The van der Waals surface area contributed by atoms with Crippen LogP contribution in [0, 0.1) is 25.2 Å². The molecule has 1 heterocycles. The van der Waals surface area contributed by atoms with Gasteiger partial charge in [-0.2, -0.15) is 5.26 Å². The van der Waals surface area contributed by atoms with Crippen molar-refractivity contribution in [1.29, 1.82) is 5.26 Å². The fraction of sp³-hybridized carbons (Fsp3) is 0.357. The minimum atomic E-state index is 0.854. The first-order valence-corrected chi connectivity index (χ1v) is 5.62. The average Bonchev–Trinajstić information content (AvgIpc) is 2.29. The van der Waals surface area contributed by atoms with Crippen LogP contribution in [0.1, 0.15) is 17.5 Å².